The fourth-order valence-corrected chi connectivity index (χ4v) is 4.31. The number of halogens is 1. The van der Waals surface area contributed by atoms with Crippen molar-refractivity contribution in [1.82, 2.24) is 4.57 Å². The molecule has 0 radical (unpaired) electrons. The summed E-state index contributed by atoms with van der Waals surface area (Å²) < 4.78 is 2.73. The largest absolute Gasteiger partial charge is 0.481 e. The third kappa shape index (κ3) is 2.81. The van der Waals surface area contributed by atoms with E-state index < -0.39 is 11.9 Å². The topological polar surface area (TPSA) is 59.3 Å². The molecule has 3 rings (SSSR count). The first-order valence-electron chi connectivity index (χ1n) is 8.29. The number of carboxylic acid groups (broad SMARTS) is 1. The molecular weight excluding hydrogens is 370 g/mol. The van der Waals surface area contributed by atoms with Gasteiger partial charge in [0, 0.05) is 22.3 Å². The maximum atomic E-state index is 13.1. The number of ketones is 1. The van der Waals surface area contributed by atoms with Crippen molar-refractivity contribution in [3.05, 3.63) is 57.3 Å². The lowest BCUT2D eigenvalue weighted by Gasteiger charge is -2.09. The molecule has 0 spiro atoms. The smallest absolute Gasteiger partial charge is 0.312 e. The van der Waals surface area contributed by atoms with Crippen LogP contribution < -0.4 is 0 Å². The summed E-state index contributed by atoms with van der Waals surface area (Å²) in [5.41, 5.74) is 2.99. The molecule has 24 heavy (non-hydrogen) atoms. The van der Waals surface area contributed by atoms with Gasteiger partial charge < -0.3 is 9.67 Å². The SMILES string of the molecule is CCCCc1c(Br)c2n(c1C(=O)c1ccccc1)CCC2C(=O)O. The zero-order valence-corrected chi connectivity index (χ0v) is 15.2. The van der Waals surface area contributed by atoms with E-state index in [0.29, 0.717) is 24.2 Å². The van der Waals surface area contributed by atoms with E-state index in [1.54, 1.807) is 0 Å². The van der Waals surface area contributed by atoms with Crippen molar-refractivity contribution in [2.24, 2.45) is 0 Å². The van der Waals surface area contributed by atoms with Crippen LogP contribution >= 0.6 is 15.9 Å². The predicted octanol–water partition coefficient (Wildman–Crippen LogP) is 4.40. The monoisotopic (exact) mass is 389 g/mol. The van der Waals surface area contributed by atoms with Crippen molar-refractivity contribution in [2.75, 3.05) is 0 Å². The Morgan fingerprint density at radius 2 is 2.00 bits per heavy atom. The van der Waals surface area contributed by atoms with Gasteiger partial charge in [-0.3, -0.25) is 9.59 Å². The quantitative estimate of drug-likeness (QED) is 0.744. The molecule has 1 aromatic carbocycles. The molecule has 1 N–H and O–H groups in total. The average Bonchev–Trinajstić information content (AvgIpc) is 3.13. The van der Waals surface area contributed by atoms with Gasteiger partial charge in [0.05, 0.1) is 11.6 Å². The molecule has 0 amide bonds. The third-order valence-corrected chi connectivity index (χ3v) is 5.52. The minimum atomic E-state index is -0.826. The normalized spacial score (nSPS) is 16.2. The molecule has 1 aromatic heterocycles. The van der Waals surface area contributed by atoms with E-state index in [-0.39, 0.29) is 5.78 Å². The number of carbonyl (C=O) groups is 2. The average molecular weight is 390 g/mol. The third-order valence-electron chi connectivity index (χ3n) is 4.64. The first kappa shape index (κ1) is 17.0. The number of benzene rings is 1. The Labute approximate surface area is 149 Å². The Hall–Kier alpha value is -1.88. The number of fused-ring (bicyclic) bond motifs is 1. The minimum absolute atomic E-state index is 0.0281. The fraction of sp³-hybridized carbons (Fsp3) is 0.368. The summed E-state index contributed by atoms with van der Waals surface area (Å²) in [6, 6.07) is 9.20. The van der Waals surface area contributed by atoms with Gasteiger partial charge in [-0.15, -0.1) is 0 Å². The minimum Gasteiger partial charge on any atom is -0.481 e. The molecule has 2 aromatic rings. The van der Waals surface area contributed by atoms with Gasteiger partial charge >= 0.3 is 5.97 Å². The van der Waals surface area contributed by atoms with Crippen LogP contribution in [0.4, 0.5) is 0 Å². The molecule has 1 unspecified atom stereocenters. The van der Waals surface area contributed by atoms with Crippen LogP contribution in [0.5, 0.6) is 0 Å². The van der Waals surface area contributed by atoms with Gasteiger partial charge in [-0.2, -0.15) is 0 Å². The zero-order chi connectivity index (χ0) is 17.3. The molecule has 2 heterocycles. The van der Waals surface area contributed by atoms with Crippen LogP contribution in [-0.4, -0.2) is 21.4 Å². The maximum absolute atomic E-state index is 13.1. The van der Waals surface area contributed by atoms with E-state index in [4.69, 9.17) is 0 Å². The number of hydrogen-bond acceptors (Lipinski definition) is 2. The molecule has 1 atom stereocenters. The van der Waals surface area contributed by atoms with Crippen molar-refractivity contribution >= 4 is 27.7 Å². The van der Waals surface area contributed by atoms with Gasteiger partial charge in [-0.05, 0) is 40.8 Å². The maximum Gasteiger partial charge on any atom is 0.312 e. The van der Waals surface area contributed by atoms with Crippen LogP contribution in [0, 0.1) is 0 Å². The van der Waals surface area contributed by atoms with Crippen molar-refractivity contribution in [3.63, 3.8) is 0 Å². The number of carboxylic acids is 1. The molecule has 0 bridgehead atoms. The number of nitrogens with zero attached hydrogens (tertiary/aromatic N) is 1. The van der Waals surface area contributed by atoms with Crippen LogP contribution in [0.15, 0.2) is 34.8 Å². The highest BCUT2D eigenvalue weighted by Gasteiger charge is 2.37. The van der Waals surface area contributed by atoms with E-state index in [0.717, 1.165) is 35.0 Å². The van der Waals surface area contributed by atoms with Crippen molar-refractivity contribution in [3.8, 4) is 0 Å². The van der Waals surface area contributed by atoms with Crippen LogP contribution in [0.3, 0.4) is 0 Å². The summed E-state index contributed by atoms with van der Waals surface area (Å²) in [5, 5.41) is 9.50. The molecule has 0 fully saturated rings. The highest BCUT2D eigenvalue weighted by molar-refractivity contribution is 9.10. The summed E-state index contributed by atoms with van der Waals surface area (Å²) in [6.07, 6.45) is 3.30. The standard InChI is InChI=1S/C19H20BrNO3/c1-2-3-9-13-15(20)16-14(19(23)24)10-11-21(16)17(13)18(22)12-7-5-4-6-8-12/h4-8,14H,2-3,9-11H2,1H3,(H,23,24). The molecular formula is C19H20BrNO3. The van der Waals surface area contributed by atoms with Gasteiger partial charge in [0.15, 0.2) is 0 Å². The Bertz CT molecular complexity index is 780. The molecule has 5 heteroatoms. The number of carbonyl (C=O) groups excluding carboxylic acids is 1. The number of rotatable bonds is 6. The van der Waals surface area contributed by atoms with Gasteiger partial charge in [0.25, 0.3) is 0 Å². The van der Waals surface area contributed by atoms with Gasteiger partial charge in [-0.1, -0.05) is 43.7 Å². The zero-order valence-electron chi connectivity index (χ0n) is 13.6. The second kappa shape index (κ2) is 6.93. The van der Waals surface area contributed by atoms with Crippen LogP contribution in [-0.2, 0) is 17.8 Å². The van der Waals surface area contributed by atoms with Crippen LogP contribution in [0.2, 0.25) is 0 Å². The fourth-order valence-electron chi connectivity index (χ4n) is 3.44. The highest BCUT2D eigenvalue weighted by atomic mass is 79.9. The second-order valence-corrected chi connectivity index (χ2v) is 6.95. The van der Waals surface area contributed by atoms with Gasteiger partial charge in [0.2, 0.25) is 5.78 Å². The molecule has 0 saturated carbocycles. The van der Waals surface area contributed by atoms with Crippen LogP contribution in [0.25, 0.3) is 0 Å². The number of unbranched alkanes of at least 4 members (excludes halogenated alkanes) is 1. The van der Waals surface area contributed by atoms with E-state index in [1.165, 1.54) is 0 Å². The molecule has 4 nitrogen and oxygen atoms in total. The van der Waals surface area contributed by atoms with E-state index >= 15 is 0 Å². The van der Waals surface area contributed by atoms with Crippen molar-refractivity contribution < 1.29 is 14.7 Å². The molecule has 1 aliphatic rings. The van der Waals surface area contributed by atoms with Crippen molar-refractivity contribution in [1.29, 1.82) is 0 Å². The summed E-state index contributed by atoms with van der Waals surface area (Å²) in [4.78, 5) is 24.7. The van der Waals surface area contributed by atoms with E-state index in [9.17, 15) is 14.7 Å². The Kier molecular flexibility index (Phi) is 4.90. The lowest BCUT2D eigenvalue weighted by molar-refractivity contribution is -0.138. The lowest BCUT2D eigenvalue weighted by atomic mass is 9.99. The highest BCUT2D eigenvalue weighted by Crippen LogP contribution is 2.41. The lowest BCUT2D eigenvalue weighted by Crippen LogP contribution is -2.11. The van der Waals surface area contributed by atoms with Gasteiger partial charge in [0.1, 0.15) is 0 Å². The van der Waals surface area contributed by atoms with Crippen molar-refractivity contribution in [2.45, 2.75) is 45.1 Å². The molecule has 0 saturated heterocycles. The first-order valence-corrected chi connectivity index (χ1v) is 9.08. The number of aliphatic carboxylic acids is 1. The molecule has 0 aliphatic carbocycles. The predicted molar refractivity (Wildman–Crippen MR) is 95.6 cm³/mol. The van der Waals surface area contributed by atoms with Crippen LogP contribution in [0.1, 0.15) is 59.4 Å². The summed E-state index contributed by atoms with van der Waals surface area (Å²) in [5.74, 6) is -1.40. The Morgan fingerprint density at radius 3 is 2.62 bits per heavy atom. The number of aromatic nitrogens is 1. The van der Waals surface area contributed by atoms with E-state index in [1.807, 2.05) is 34.9 Å². The summed E-state index contributed by atoms with van der Waals surface area (Å²) >= 11 is 3.60. The number of hydrogen-bond donors (Lipinski definition) is 1. The second-order valence-electron chi connectivity index (χ2n) is 6.16. The molecule has 1 aliphatic heterocycles. The first-order chi connectivity index (χ1) is 11.6. The Balaban J connectivity index is 2.14. The Morgan fingerprint density at radius 1 is 1.29 bits per heavy atom. The van der Waals surface area contributed by atoms with E-state index in [2.05, 4.69) is 22.9 Å². The summed E-state index contributed by atoms with van der Waals surface area (Å²) in [7, 11) is 0. The van der Waals surface area contributed by atoms with Gasteiger partial charge in [-0.25, -0.2) is 0 Å². The molecule has 126 valence electrons. The summed E-state index contributed by atoms with van der Waals surface area (Å²) in [6.45, 7) is 2.68.